The first-order valence-corrected chi connectivity index (χ1v) is 10.3. The van der Waals surface area contributed by atoms with Gasteiger partial charge in [-0.1, -0.05) is 45.4 Å². The van der Waals surface area contributed by atoms with Gasteiger partial charge in [-0.3, -0.25) is 0 Å². The molecule has 0 aliphatic rings. The number of aromatic nitrogens is 3. The second-order valence-electron chi connectivity index (χ2n) is 6.93. The monoisotopic (exact) mass is 403 g/mol. The number of methoxy groups -OCH3 is 2. The van der Waals surface area contributed by atoms with Crippen molar-refractivity contribution in [3.05, 3.63) is 36.4 Å². The fraction of sp³-hybridized carbons (Fsp3) is 0.571. The second-order valence-corrected chi connectivity index (χ2v) is 6.93. The van der Waals surface area contributed by atoms with Gasteiger partial charge in [0.05, 0.1) is 20.8 Å². The van der Waals surface area contributed by atoms with Crippen LogP contribution >= 0.6 is 0 Å². The number of nitrogens with one attached hydrogen (secondary N) is 1. The van der Waals surface area contributed by atoms with E-state index in [4.69, 9.17) is 9.47 Å². The molecule has 29 heavy (non-hydrogen) atoms. The summed E-state index contributed by atoms with van der Waals surface area (Å²) in [6, 6.07) is 5.31. The molecule has 0 unspecified atom stereocenters. The molecule has 0 radical (unpaired) electrons. The zero-order chi connectivity index (χ0) is 20.9. The van der Waals surface area contributed by atoms with Gasteiger partial charge in [0.2, 0.25) is 0 Å². The van der Waals surface area contributed by atoms with Crippen molar-refractivity contribution < 1.29 is 14.3 Å². The summed E-state index contributed by atoms with van der Waals surface area (Å²) < 4.78 is 12.3. The van der Waals surface area contributed by atoms with Crippen LogP contribution in [0.15, 0.2) is 30.9 Å². The molecule has 1 heterocycles. The highest BCUT2D eigenvalue weighted by molar-refractivity contribution is 5.84. The summed E-state index contributed by atoms with van der Waals surface area (Å²) in [5, 5.41) is 12.2. The van der Waals surface area contributed by atoms with Crippen LogP contribution in [0.2, 0.25) is 0 Å². The number of carbonyl (C=O) groups is 1. The van der Waals surface area contributed by atoms with Crippen molar-refractivity contribution in [2.45, 2.75) is 58.4 Å². The molecule has 0 spiro atoms. The molecule has 2 rings (SSSR count). The zero-order valence-electron chi connectivity index (χ0n) is 17.8. The van der Waals surface area contributed by atoms with Crippen LogP contribution in [-0.4, -0.2) is 41.7 Å². The van der Waals surface area contributed by atoms with Crippen molar-refractivity contribution in [2.24, 2.45) is 0 Å². The van der Waals surface area contributed by atoms with Crippen LogP contribution in [0.5, 0.6) is 11.5 Å². The Kier molecular flexibility index (Phi) is 9.82. The number of amides is 2. The number of carbonyl (C=O) groups excluding carboxylic acids is 1. The molecule has 1 N–H and O–H groups in total. The van der Waals surface area contributed by atoms with Gasteiger partial charge < -0.3 is 14.8 Å². The van der Waals surface area contributed by atoms with E-state index >= 15 is 0 Å². The van der Waals surface area contributed by atoms with Gasteiger partial charge >= 0.3 is 6.03 Å². The van der Waals surface area contributed by atoms with Gasteiger partial charge in [0, 0.05) is 12.1 Å². The number of unbranched alkanes of at least 4 members (excludes halogenated alkanes) is 6. The second kappa shape index (κ2) is 12.6. The number of urea groups is 1. The van der Waals surface area contributed by atoms with Gasteiger partial charge in [-0.15, -0.1) is 10.2 Å². The van der Waals surface area contributed by atoms with Gasteiger partial charge in [-0.05, 0) is 24.6 Å². The van der Waals surface area contributed by atoms with Crippen molar-refractivity contribution in [1.82, 2.24) is 20.2 Å². The quantitative estimate of drug-likeness (QED) is 0.513. The van der Waals surface area contributed by atoms with E-state index in [2.05, 4.69) is 22.4 Å². The van der Waals surface area contributed by atoms with Gasteiger partial charge in [-0.2, -0.15) is 0 Å². The molecule has 1 aromatic carbocycles. The van der Waals surface area contributed by atoms with Crippen LogP contribution in [-0.2, 0) is 6.54 Å². The Labute approximate surface area is 173 Å². The number of benzene rings is 1. The molecule has 2 amide bonds. The third kappa shape index (κ3) is 7.29. The maximum absolute atomic E-state index is 12.8. The summed E-state index contributed by atoms with van der Waals surface area (Å²) >= 11 is 0. The molecule has 0 aliphatic carbocycles. The van der Waals surface area contributed by atoms with Crippen LogP contribution in [0.3, 0.4) is 0 Å². The molecular formula is C21H33N5O3. The Hall–Kier alpha value is -2.77. The van der Waals surface area contributed by atoms with Gasteiger partial charge in [0.15, 0.2) is 0 Å². The lowest BCUT2D eigenvalue weighted by atomic mass is 10.1. The molecule has 0 bridgehead atoms. The lowest BCUT2D eigenvalue weighted by Gasteiger charge is -2.24. The highest BCUT2D eigenvalue weighted by Gasteiger charge is 2.18. The average Bonchev–Trinajstić information content (AvgIpc) is 3.28. The predicted octanol–water partition coefficient (Wildman–Crippen LogP) is 3.89. The first-order valence-electron chi connectivity index (χ1n) is 10.3. The Morgan fingerprint density at radius 1 is 1.03 bits per heavy atom. The molecule has 0 atom stereocenters. The summed E-state index contributed by atoms with van der Waals surface area (Å²) in [5.41, 5.74) is 0.826. The number of nitrogens with zero attached hydrogens (tertiary/aromatic N) is 4. The average molecular weight is 404 g/mol. The van der Waals surface area contributed by atoms with Crippen LogP contribution < -0.4 is 19.8 Å². The summed E-state index contributed by atoms with van der Waals surface area (Å²) in [4.78, 5) is 12.8. The standard InChI is InChI=1S/C21H33N5O3/c1-4-5-6-7-8-9-10-13-22-21(27)26(25-16-23-24-17-25)15-18-14-19(28-2)11-12-20(18)29-3/h11-12,14,16-17H,4-10,13,15H2,1-3H3,(H,22,27). The molecule has 160 valence electrons. The molecule has 0 aliphatic heterocycles. The van der Waals surface area contributed by atoms with Crippen LogP contribution in [0.25, 0.3) is 0 Å². The molecule has 2 aromatic rings. The summed E-state index contributed by atoms with van der Waals surface area (Å²) in [6.45, 7) is 3.15. The van der Waals surface area contributed by atoms with Crippen molar-refractivity contribution >= 4 is 6.03 Å². The zero-order valence-corrected chi connectivity index (χ0v) is 17.8. The van der Waals surface area contributed by atoms with Crippen molar-refractivity contribution in [2.75, 3.05) is 25.8 Å². The summed E-state index contributed by atoms with van der Waals surface area (Å²) in [6.07, 6.45) is 11.4. The van der Waals surface area contributed by atoms with Crippen molar-refractivity contribution in [3.63, 3.8) is 0 Å². The fourth-order valence-corrected chi connectivity index (χ4v) is 3.11. The lowest BCUT2D eigenvalue weighted by Crippen LogP contribution is -2.46. The summed E-state index contributed by atoms with van der Waals surface area (Å²) in [5.74, 6) is 1.39. The normalized spacial score (nSPS) is 10.6. The maximum atomic E-state index is 12.8. The first-order chi connectivity index (χ1) is 14.2. The molecule has 8 heteroatoms. The number of hydrogen-bond donors (Lipinski definition) is 1. The van der Waals surface area contributed by atoms with Gasteiger partial charge in [-0.25, -0.2) is 14.5 Å². The van der Waals surface area contributed by atoms with E-state index in [0.29, 0.717) is 24.6 Å². The smallest absolute Gasteiger partial charge is 0.336 e. The molecule has 8 nitrogen and oxygen atoms in total. The highest BCUT2D eigenvalue weighted by atomic mass is 16.5. The van der Waals surface area contributed by atoms with E-state index in [1.54, 1.807) is 23.9 Å². The molecular weight excluding hydrogens is 370 g/mol. The Morgan fingerprint density at radius 3 is 2.38 bits per heavy atom. The third-order valence-electron chi connectivity index (χ3n) is 4.78. The van der Waals surface area contributed by atoms with E-state index in [-0.39, 0.29) is 6.03 Å². The van der Waals surface area contributed by atoms with E-state index < -0.39 is 0 Å². The lowest BCUT2D eigenvalue weighted by molar-refractivity contribution is 0.239. The van der Waals surface area contributed by atoms with Crippen molar-refractivity contribution in [3.8, 4) is 11.5 Å². The first kappa shape index (κ1) is 22.5. The van der Waals surface area contributed by atoms with E-state index in [0.717, 1.165) is 18.4 Å². The molecule has 1 aromatic heterocycles. The van der Waals surface area contributed by atoms with E-state index in [1.165, 1.54) is 44.8 Å². The van der Waals surface area contributed by atoms with Crippen LogP contribution in [0.4, 0.5) is 4.79 Å². The predicted molar refractivity (Wildman–Crippen MR) is 113 cm³/mol. The minimum atomic E-state index is -0.208. The minimum absolute atomic E-state index is 0.208. The Morgan fingerprint density at radius 2 is 1.72 bits per heavy atom. The van der Waals surface area contributed by atoms with Crippen LogP contribution in [0.1, 0.15) is 57.4 Å². The third-order valence-corrected chi connectivity index (χ3v) is 4.78. The number of rotatable bonds is 13. The van der Waals surface area contributed by atoms with Crippen LogP contribution in [0, 0.1) is 0 Å². The van der Waals surface area contributed by atoms with Crippen molar-refractivity contribution in [1.29, 1.82) is 0 Å². The fourth-order valence-electron chi connectivity index (χ4n) is 3.11. The highest BCUT2D eigenvalue weighted by Crippen LogP contribution is 2.25. The SMILES string of the molecule is CCCCCCCCCNC(=O)N(Cc1cc(OC)ccc1OC)n1cnnc1. The summed E-state index contributed by atoms with van der Waals surface area (Å²) in [7, 11) is 3.22. The largest absolute Gasteiger partial charge is 0.497 e. The molecule has 0 saturated heterocycles. The number of hydrogen-bond acceptors (Lipinski definition) is 5. The van der Waals surface area contributed by atoms with E-state index in [1.807, 2.05) is 18.2 Å². The molecule has 0 fully saturated rings. The maximum Gasteiger partial charge on any atom is 0.336 e. The number of ether oxygens (including phenoxy) is 2. The minimum Gasteiger partial charge on any atom is -0.497 e. The Bertz CT molecular complexity index is 721. The van der Waals surface area contributed by atoms with Gasteiger partial charge in [0.25, 0.3) is 0 Å². The molecule has 0 saturated carbocycles. The topological polar surface area (TPSA) is 81.5 Å². The van der Waals surface area contributed by atoms with E-state index in [9.17, 15) is 4.79 Å². The van der Waals surface area contributed by atoms with Gasteiger partial charge in [0.1, 0.15) is 24.2 Å². The Balaban J connectivity index is 1.94.